The minimum absolute atomic E-state index is 0.0542. The number of esters is 1. The van der Waals surface area contributed by atoms with Gasteiger partial charge in [-0.2, -0.15) is 0 Å². The van der Waals surface area contributed by atoms with Gasteiger partial charge in [-0.25, -0.2) is 0 Å². The van der Waals surface area contributed by atoms with Gasteiger partial charge in [0.05, 0.1) is 5.92 Å². The van der Waals surface area contributed by atoms with Crippen molar-refractivity contribution in [1.82, 2.24) is 0 Å². The molecule has 2 fully saturated rings. The number of hydrogen-bond donors (Lipinski definition) is 0. The number of benzene rings is 1. The first-order valence-electron chi connectivity index (χ1n) is 7.86. The number of amides is 1. The summed E-state index contributed by atoms with van der Waals surface area (Å²) in [6, 6.07) is 7.27. The molecule has 3 rings (SSSR count). The third kappa shape index (κ3) is 3.26. The number of rotatable bonds is 3. The number of carbonyl (C=O) groups excluding carboxylic acids is 2. The summed E-state index contributed by atoms with van der Waals surface area (Å²) in [5.74, 6) is 0.682. The van der Waals surface area contributed by atoms with Gasteiger partial charge in [-0.15, -0.1) is 0 Å². The molecule has 1 amide bonds. The van der Waals surface area contributed by atoms with E-state index in [1.807, 2.05) is 12.1 Å². The predicted octanol–water partition coefficient (Wildman–Crippen LogP) is 3.30. The Labute approximate surface area is 125 Å². The second kappa shape index (κ2) is 6.29. The number of ether oxygens (including phenoxy) is 1. The van der Waals surface area contributed by atoms with Gasteiger partial charge in [-0.05, 0) is 43.5 Å². The largest absolute Gasteiger partial charge is 0.426 e. The van der Waals surface area contributed by atoms with Gasteiger partial charge in [0.25, 0.3) is 0 Å². The Morgan fingerprint density at radius 1 is 1.05 bits per heavy atom. The lowest BCUT2D eigenvalue weighted by atomic mass is 9.89. The van der Waals surface area contributed by atoms with Gasteiger partial charge in [0.15, 0.2) is 0 Å². The SMILES string of the molecule is O=C(Oc1ccc(N2CCCC2=O)cc1)C1CCCCC1. The van der Waals surface area contributed by atoms with E-state index in [-0.39, 0.29) is 17.8 Å². The highest BCUT2D eigenvalue weighted by Crippen LogP contribution is 2.27. The smallest absolute Gasteiger partial charge is 0.314 e. The quantitative estimate of drug-likeness (QED) is 0.633. The van der Waals surface area contributed by atoms with E-state index < -0.39 is 0 Å². The molecule has 112 valence electrons. The van der Waals surface area contributed by atoms with Gasteiger partial charge in [-0.1, -0.05) is 19.3 Å². The van der Waals surface area contributed by atoms with Crippen molar-refractivity contribution >= 4 is 17.6 Å². The molecule has 21 heavy (non-hydrogen) atoms. The molecule has 0 bridgehead atoms. The van der Waals surface area contributed by atoms with Gasteiger partial charge in [0, 0.05) is 18.7 Å². The van der Waals surface area contributed by atoms with Crippen LogP contribution in [0.2, 0.25) is 0 Å². The Morgan fingerprint density at radius 2 is 1.76 bits per heavy atom. The van der Waals surface area contributed by atoms with E-state index in [4.69, 9.17) is 4.74 Å². The molecule has 0 atom stereocenters. The summed E-state index contributed by atoms with van der Waals surface area (Å²) in [5.41, 5.74) is 0.884. The molecule has 0 N–H and O–H groups in total. The van der Waals surface area contributed by atoms with Crippen LogP contribution in [0.1, 0.15) is 44.9 Å². The minimum atomic E-state index is -0.111. The maximum atomic E-state index is 12.1. The van der Waals surface area contributed by atoms with Gasteiger partial charge in [0.2, 0.25) is 5.91 Å². The van der Waals surface area contributed by atoms with Crippen LogP contribution in [0.3, 0.4) is 0 Å². The first-order valence-corrected chi connectivity index (χ1v) is 7.86. The zero-order chi connectivity index (χ0) is 14.7. The van der Waals surface area contributed by atoms with E-state index in [0.29, 0.717) is 12.2 Å². The summed E-state index contributed by atoms with van der Waals surface area (Å²) in [5, 5.41) is 0. The molecule has 0 unspecified atom stereocenters. The van der Waals surface area contributed by atoms with Crippen LogP contribution in [0.25, 0.3) is 0 Å². The number of anilines is 1. The van der Waals surface area contributed by atoms with Crippen LogP contribution in [-0.2, 0) is 9.59 Å². The first-order chi connectivity index (χ1) is 10.2. The third-order valence-corrected chi connectivity index (χ3v) is 4.38. The monoisotopic (exact) mass is 287 g/mol. The maximum absolute atomic E-state index is 12.1. The zero-order valence-electron chi connectivity index (χ0n) is 12.2. The van der Waals surface area contributed by atoms with Crippen molar-refractivity contribution < 1.29 is 14.3 Å². The van der Waals surface area contributed by atoms with Crippen LogP contribution in [0.5, 0.6) is 5.75 Å². The Balaban J connectivity index is 1.61. The van der Waals surface area contributed by atoms with Crippen molar-refractivity contribution in [1.29, 1.82) is 0 Å². The van der Waals surface area contributed by atoms with Crippen LogP contribution in [0.4, 0.5) is 5.69 Å². The fraction of sp³-hybridized carbons (Fsp3) is 0.529. The highest BCUT2D eigenvalue weighted by atomic mass is 16.5. The lowest BCUT2D eigenvalue weighted by Crippen LogP contribution is -2.24. The molecular formula is C17H21NO3. The van der Waals surface area contributed by atoms with Gasteiger partial charge < -0.3 is 9.64 Å². The first kappa shape index (κ1) is 14.1. The normalized spacial score (nSPS) is 19.8. The van der Waals surface area contributed by atoms with Crippen LogP contribution in [0.15, 0.2) is 24.3 Å². The average molecular weight is 287 g/mol. The van der Waals surface area contributed by atoms with Crippen molar-refractivity contribution in [3.8, 4) is 5.75 Å². The third-order valence-electron chi connectivity index (χ3n) is 4.38. The van der Waals surface area contributed by atoms with Crippen molar-refractivity contribution in [3.63, 3.8) is 0 Å². The van der Waals surface area contributed by atoms with Crippen molar-refractivity contribution in [3.05, 3.63) is 24.3 Å². The fourth-order valence-corrected chi connectivity index (χ4v) is 3.15. The van der Waals surface area contributed by atoms with Crippen molar-refractivity contribution in [2.45, 2.75) is 44.9 Å². The van der Waals surface area contributed by atoms with E-state index in [1.165, 1.54) is 6.42 Å². The van der Waals surface area contributed by atoms with Crippen molar-refractivity contribution in [2.75, 3.05) is 11.4 Å². The summed E-state index contributed by atoms with van der Waals surface area (Å²) in [7, 11) is 0. The molecule has 1 aliphatic carbocycles. The number of nitrogens with zero attached hydrogens (tertiary/aromatic N) is 1. The second-order valence-corrected chi connectivity index (χ2v) is 5.90. The standard InChI is InChI=1S/C17H21NO3/c19-16-7-4-12-18(16)14-8-10-15(11-9-14)21-17(20)13-5-2-1-3-6-13/h8-11,13H,1-7,12H2. The number of hydrogen-bond acceptors (Lipinski definition) is 3. The molecule has 0 radical (unpaired) electrons. The lowest BCUT2D eigenvalue weighted by molar-refractivity contribution is -0.140. The molecule has 1 saturated heterocycles. The van der Waals surface area contributed by atoms with E-state index in [0.717, 1.165) is 44.3 Å². The Kier molecular flexibility index (Phi) is 4.23. The predicted molar refractivity (Wildman–Crippen MR) is 80.2 cm³/mol. The minimum Gasteiger partial charge on any atom is -0.426 e. The molecule has 2 aliphatic rings. The summed E-state index contributed by atoms with van der Waals surface area (Å²) >= 11 is 0. The number of carbonyl (C=O) groups is 2. The maximum Gasteiger partial charge on any atom is 0.314 e. The Morgan fingerprint density at radius 3 is 2.38 bits per heavy atom. The molecule has 0 spiro atoms. The molecule has 1 aliphatic heterocycles. The lowest BCUT2D eigenvalue weighted by Gasteiger charge is -2.20. The van der Waals surface area contributed by atoms with Gasteiger partial charge in [-0.3, -0.25) is 9.59 Å². The zero-order valence-corrected chi connectivity index (χ0v) is 12.2. The molecule has 1 heterocycles. The molecule has 1 aromatic rings. The summed E-state index contributed by atoms with van der Waals surface area (Å²) in [4.78, 5) is 25.5. The van der Waals surface area contributed by atoms with E-state index >= 15 is 0 Å². The summed E-state index contributed by atoms with van der Waals surface area (Å²) in [6.07, 6.45) is 6.89. The summed E-state index contributed by atoms with van der Waals surface area (Å²) < 4.78 is 5.46. The molecule has 4 nitrogen and oxygen atoms in total. The van der Waals surface area contributed by atoms with E-state index in [1.54, 1.807) is 17.0 Å². The molecule has 1 aromatic carbocycles. The molecular weight excluding hydrogens is 266 g/mol. The van der Waals surface area contributed by atoms with Gasteiger partial charge in [0.1, 0.15) is 5.75 Å². The Hall–Kier alpha value is -1.84. The van der Waals surface area contributed by atoms with E-state index in [2.05, 4.69) is 0 Å². The average Bonchev–Trinajstić information content (AvgIpc) is 2.95. The van der Waals surface area contributed by atoms with Crippen LogP contribution >= 0.6 is 0 Å². The highest BCUT2D eigenvalue weighted by Gasteiger charge is 2.24. The molecule has 1 saturated carbocycles. The van der Waals surface area contributed by atoms with Crippen molar-refractivity contribution in [2.24, 2.45) is 5.92 Å². The Bertz CT molecular complexity index is 517. The fourth-order valence-electron chi connectivity index (χ4n) is 3.15. The molecule has 4 heteroatoms. The highest BCUT2D eigenvalue weighted by molar-refractivity contribution is 5.95. The van der Waals surface area contributed by atoms with Crippen LogP contribution in [0, 0.1) is 5.92 Å². The molecule has 0 aromatic heterocycles. The topological polar surface area (TPSA) is 46.6 Å². The van der Waals surface area contributed by atoms with Crippen LogP contribution in [-0.4, -0.2) is 18.4 Å². The van der Waals surface area contributed by atoms with Crippen LogP contribution < -0.4 is 9.64 Å². The van der Waals surface area contributed by atoms with E-state index in [9.17, 15) is 9.59 Å². The summed E-state index contributed by atoms with van der Waals surface area (Å²) in [6.45, 7) is 0.778. The second-order valence-electron chi connectivity index (χ2n) is 5.90. The van der Waals surface area contributed by atoms with Gasteiger partial charge >= 0.3 is 5.97 Å².